The number of rotatable bonds is 16. The summed E-state index contributed by atoms with van der Waals surface area (Å²) in [6, 6.07) is 5.24. The van der Waals surface area contributed by atoms with Gasteiger partial charge in [0.25, 0.3) is 0 Å². The first-order chi connectivity index (χ1) is 16.4. The number of fused-ring (bicyclic) bond motifs is 1. The van der Waals surface area contributed by atoms with Crippen LogP contribution in [-0.2, 0) is 0 Å². The second-order valence-electron chi connectivity index (χ2n) is 9.23. The lowest BCUT2D eigenvalue weighted by Crippen LogP contribution is -2.05. The predicted molar refractivity (Wildman–Crippen MR) is 140 cm³/mol. The molecule has 0 aliphatic carbocycles. The Balaban J connectivity index is 1.91. The molecule has 0 fully saturated rings. The molecule has 0 spiro atoms. The van der Waals surface area contributed by atoms with E-state index in [-0.39, 0.29) is 5.75 Å². The molecule has 5 heteroatoms. The molecule has 1 aromatic carbocycles. The molecule has 1 N–H and O–H groups in total. The largest absolute Gasteiger partial charge is 0.499 e. The highest BCUT2D eigenvalue weighted by Gasteiger charge is 2.16. The van der Waals surface area contributed by atoms with E-state index >= 15 is 0 Å². The molecular weight excluding hydrogens is 428 g/mol. The van der Waals surface area contributed by atoms with Crippen molar-refractivity contribution in [2.24, 2.45) is 0 Å². The minimum absolute atomic E-state index is 0.191. The third kappa shape index (κ3) is 9.66. The van der Waals surface area contributed by atoms with Crippen molar-refractivity contribution in [1.29, 1.82) is 0 Å². The van der Waals surface area contributed by atoms with Gasteiger partial charge in [0.2, 0.25) is 5.75 Å². The lowest BCUT2D eigenvalue weighted by atomic mass is 10.1. The number of ether oxygens (including phenoxy) is 2. The summed E-state index contributed by atoms with van der Waals surface area (Å²) in [5, 5.41) is 10.8. The van der Waals surface area contributed by atoms with Gasteiger partial charge in [0.15, 0.2) is 5.75 Å². The van der Waals surface area contributed by atoms with Gasteiger partial charge in [0.05, 0.1) is 12.0 Å². The fourth-order valence-electron chi connectivity index (χ4n) is 3.76. The van der Waals surface area contributed by atoms with E-state index in [1.165, 1.54) is 49.7 Å². The highest BCUT2D eigenvalue weighted by molar-refractivity contribution is 5.86. The molecule has 188 valence electrons. The maximum absolute atomic E-state index is 12.1. The molecule has 0 aliphatic heterocycles. The Bertz CT molecular complexity index is 995. The van der Waals surface area contributed by atoms with Crippen LogP contribution in [0.1, 0.15) is 91.9 Å². The maximum Gasteiger partial charge on any atom is 0.382 e. The fourth-order valence-corrected chi connectivity index (χ4v) is 3.76. The first-order valence-corrected chi connectivity index (χ1v) is 12.8. The summed E-state index contributed by atoms with van der Waals surface area (Å²) in [7, 11) is 0. The van der Waals surface area contributed by atoms with Crippen LogP contribution >= 0.6 is 0 Å². The Labute approximate surface area is 204 Å². The van der Waals surface area contributed by atoms with Crippen molar-refractivity contribution in [3.05, 3.63) is 51.9 Å². The number of hydrogen-bond acceptors (Lipinski definition) is 5. The van der Waals surface area contributed by atoms with Crippen LogP contribution in [0.3, 0.4) is 0 Å². The van der Waals surface area contributed by atoms with Crippen LogP contribution in [0.4, 0.5) is 0 Å². The molecule has 0 radical (unpaired) electrons. The van der Waals surface area contributed by atoms with Crippen LogP contribution in [0.25, 0.3) is 11.0 Å². The maximum atomic E-state index is 12.1. The number of hydrogen-bond donors (Lipinski definition) is 1. The molecule has 0 bridgehead atoms. The second kappa shape index (κ2) is 15.3. The molecule has 1 aromatic heterocycles. The van der Waals surface area contributed by atoms with Crippen molar-refractivity contribution in [2.45, 2.75) is 91.9 Å². The minimum atomic E-state index is -0.800. The molecule has 0 saturated heterocycles. The van der Waals surface area contributed by atoms with Crippen LogP contribution in [0.2, 0.25) is 0 Å². The first kappa shape index (κ1) is 27.6. The van der Waals surface area contributed by atoms with Crippen LogP contribution in [0.5, 0.6) is 17.2 Å². The molecule has 0 unspecified atom stereocenters. The molecule has 0 atom stereocenters. The highest BCUT2D eigenvalue weighted by Crippen LogP contribution is 2.34. The van der Waals surface area contributed by atoms with E-state index in [4.69, 9.17) is 13.9 Å². The van der Waals surface area contributed by atoms with Gasteiger partial charge in [0.1, 0.15) is 17.9 Å². The number of aromatic hydroxyl groups is 1. The monoisotopic (exact) mass is 470 g/mol. The van der Waals surface area contributed by atoms with Crippen LogP contribution in [-0.4, -0.2) is 18.3 Å². The molecule has 34 heavy (non-hydrogen) atoms. The molecular formula is C29H42O5. The van der Waals surface area contributed by atoms with Gasteiger partial charge >= 0.3 is 5.63 Å². The third-order valence-corrected chi connectivity index (χ3v) is 5.83. The van der Waals surface area contributed by atoms with Crippen molar-refractivity contribution >= 4 is 11.0 Å². The normalized spacial score (nSPS) is 11.6. The van der Waals surface area contributed by atoms with Crippen LogP contribution in [0.15, 0.2) is 50.7 Å². The zero-order valence-corrected chi connectivity index (χ0v) is 21.5. The first-order valence-electron chi connectivity index (χ1n) is 12.8. The quantitative estimate of drug-likeness (QED) is 0.152. The van der Waals surface area contributed by atoms with Gasteiger partial charge in [-0.25, -0.2) is 4.79 Å². The van der Waals surface area contributed by atoms with E-state index in [0.717, 1.165) is 25.7 Å². The molecule has 5 nitrogen and oxygen atoms in total. The lowest BCUT2D eigenvalue weighted by Gasteiger charge is -2.11. The van der Waals surface area contributed by atoms with Crippen LogP contribution < -0.4 is 15.1 Å². The standard InChI is InChI=1S/C29H42O5/c1-5-6-7-8-9-10-11-12-19-33-28-25-17-16-24(21-26(25)34-29(31)27(28)30)32-20-18-23(4)15-13-14-22(2)3/h14,16-18,21,30H,5-13,15,19-20H2,1-4H3/b23-18+. The van der Waals surface area contributed by atoms with Gasteiger partial charge in [-0.15, -0.1) is 0 Å². The highest BCUT2D eigenvalue weighted by atomic mass is 16.5. The summed E-state index contributed by atoms with van der Waals surface area (Å²) < 4.78 is 16.9. The summed E-state index contributed by atoms with van der Waals surface area (Å²) in [4.78, 5) is 12.1. The van der Waals surface area contributed by atoms with Gasteiger partial charge in [0, 0.05) is 6.07 Å². The summed E-state index contributed by atoms with van der Waals surface area (Å²) in [6.45, 7) is 9.43. The lowest BCUT2D eigenvalue weighted by molar-refractivity contribution is 0.285. The molecule has 1 heterocycles. The Morgan fingerprint density at radius 1 is 0.971 bits per heavy atom. The molecule has 0 saturated carbocycles. The Morgan fingerprint density at radius 2 is 1.68 bits per heavy atom. The molecule has 0 amide bonds. The van der Waals surface area contributed by atoms with Crippen molar-refractivity contribution in [3.63, 3.8) is 0 Å². The van der Waals surface area contributed by atoms with Gasteiger partial charge in [-0.1, -0.05) is 69.1 Å². The molecule has 0 aliphatic rings. The Hall–Kier alpha value is -2.69. The van der Waals surface area contributed by atoms with Crippen LogP contribution in [0, 0.1) is 0 Å². The minimum Gasteiger partial charge on any atom is -0.499 e. The molecule has 2 rings (SSSR count). The van der Waals surface area contributed by atoms with Gasteiger partial charge < -0.3 is 19.0 Å². The van der Waals surface area contributed by atoms with E-state index in [1.807, 2.05) is 0 Å². The number of allylic oxidation sites excluding steroid dienone is 3. The Morgan fingerprint density at radius 3 is 2.38 bits per heavy atom. The van der Waals surface area contributed by atoms with E-state index in [9.17, 15) is 9.90 Å². The smallest absolute Gasteiger partial charge is 0.382 e. The predicted octanol–water partition coefficient (Wildman–Crippen LogP) is 8.09. The SMILES string of the molecule is CCCCCCCCCCOc1c(O)c(=O)oc2cc(OC/C=C(\C)CCC=C(C)C)ccc12. The zero-order chi connectivity index (χ0) is 24.8. The zero-order valence-electron chi connectivity index (χ0n) is 21.5. The topological polar surface area (TPSA) is 68.9 Å². The van der Waals surface area contributed by atoms with E-state index in [2.05, 4.69) is 39.8 Å². The van der Waals surface area contributed by atoms with E-state index in [1.54, 1.807) is 18.2 Å². The van der Waals surface area contributed by atoms with Crippen molar-refractivity contribution in [1.82, 2.24) is 0 Å². The van der Waals surface area contributed by atoms with Gasteiger partial charge in [-0.05, 0) is 58.2 Å². The third-order valence-electron chi connectivity index (χ3n) is 5.83. The van der Waals surface area contributed by atoms with E-state index < -0.39 is 11.4 Å². The summed E-state index contributed by atoms with van der Waals surface area (Å²) in [6.07, 6.45) is 15.9. The number of benzene rings is 1. The number of unbranched alkanes of at least 4 members (excludes halogenated alkanes) is 7. The van der Waals surface area contributed by atoms with Crippen molar-refractivity contribution < 1.29 is 19.0 Å². The Kier molecular flexibility index (Phi) is 12.4. The van der Waals surface area contributed by atoms with Crippen molar-refractivity contribution in [2.75, 3.05) is 13.2 Å². The summed E-state index contributed by atoms with van der Waals surface area (Å²) >= 11 is 0. The van der Waals surface area contributed by atoms with Crippen molar-refractivity contribution in [3.8, 4) is 17.2 Å². The summed E-state index contributed by atoms with van der Waals surface area (Å²) in [5.41, 5.74) is 2.14. The average Bonchev–Trinajstić information content (AvgIpc) is 2.80. The van der Waals surface area contributed by atoms with E-state index in [0.29, 0.717) is 29.9 Å². The average molecular weight is 471 g/mol. The van der Waals surface area contributed by atoms with Gasteiger partial charge in [-0.2, -0.15) is 0 Å². The molecule has 2 aromatic rings. The summed E-state index contributed by atoms with van der Waals surface area (Å²) in [5.74, 6) is 0.315. The second-order valence-corrected chi connectivity index (χ2v) is 9.23. The van der Waals surface area contributed by atoms with Gasteiger partial charge in [-0.3, -0.25) is 0 Å². The fraction of sp³-hybridized carbons (Fsp3) is 0.552.